The molecule has 0 aliphatic rings. The average molecular weight is 716 g/mol. The molecule has 0 unspecified atom stereocenters. The molecule has 264 valence electrons. The normalized spacial score (nSPS) is 11.2. The van der Waals surface area contributed by atoms with Crippen LogP contribution >= 0.6 is 0 Å². The number of para-hydroxylation sites is 2. The van der Waals surface area contributed by atoms with Crippen molar-refractivity contribution in [2.75, 3.05) is 4.90 Å². The van der Waals surface area contributed by atoms with Gasteiger partial charge in [0, 0.05) is 22.1 Å². The lowest BCUT2D eigenvalue weighted by atomic mass is 9.84. The maximum atomic E-state index is 6.67. The van der Waals surface area contributed by atoms with Crippen molar-refractivity contribution in [2.45, 2.75) is 0 Å². The standard InChI is InChI=1S/C54H37NO/c1-4-17-38(18-5-1)39-33-35-43(36-34-39)55(51-31-16-30-50-48-26-12-13-32-52(48)56-54(50)51)44-24-14-23-42(37-44)47-29-15-28-46(41-21-8-3-9-22-41)53(47)49-27-11-10-25-45(49)40-19-6-2-7-20-40/h1-37H. The predicted octanol–water partition coefficient (Wildman–Crippen LogP) is 15.4. The van der Waals surface area contributed by atoms with Crippen molar-refractivity contribution in [1.29, 1.82) is 0 Å². The van der Waals surface area contributed by atoms with Gasteiger partial charge in [0.15, 0.2) is 5.58 Å². The van der Waals surface area contributed by atoms with E-state index in [1.807, 2.05) is 12.1 Å². The van der Waals surface area contributed by atoms with E-state index in [0.29, 0.717) is 0 Å². The quantitative estimate of drug-likeness (QED) is 0.156. The molecule has 56 heavy (non-hydrogen) atoms. The molecule has 0 spiro atoms. The predicted molar refractivity (Wildman–Crippen MR) is 236 cm³/mol. The molecule has 2 nitrogen and oxygen atoms in total. The Morgan fingerprint density at radius 3 is 1.54 bits per heavy atom. The number of hydrogen-bond donors (Lipinski definition) is 0. The molecule has 0 fully saturated rings. The Hall–Kier alpha value is -7.42. The van der Waals surface area contributed by atoms with Crippen molar-refractivity contribution < 1.29 is 4.42 Å². The van der Waals surface area contributed by atoms with Gasteiger partial charge in [0.1, 0.15) is 5.58 Å². The molecule has 1 heterocycles. The van der Waals surface area contributed by atoms with Crippen LogP contribution in [-0.2, 0) is 0 Å². The minimum absolute atomic E-state index is 0.856. The summed E-state index contributed by atoms with van der Waals surface area (Å²) < 4.78 is 6.67. The van der Waals surface area contributed by atoms with Gasteiger partial charge in [-0.15, -0.1) is 0 Å². The molecule has 0 amide bonds. The summed E-state index contributed by atoms with van der Waals surface area (Å²) in [7, 11) is 0. The maximum Gasteiger partial charge on any atom is 0.159 e. The van der Waals surface area contributed by atoms with Gasteiger partial charge < -0.3 is 9.32 Å². The highest BCUT2D eigenvalue weighted by Crippen LogP contribution is 2.47. The van der Waals surface area contributed by atoms with E-state index >= 15 is 0 Å². The summed E-state index contributed by atoms with van der Waals surface area (Å²) >= 11 is 0. The highest BCUT2D eigenvalue weighted by atomic mass is 16.3. The van der Waals surface area contributed by atoms with Crippen molar-refractivity contribution in [3.63, 3.8) is 0 Å². The summed E-state index contributed by atoms with van der Waals surface area (Å²) in [6.45, 7) is 0. The van der Waals surface area contributed by atoms with Crippen LogP contribution in [-0.4, -0.2) is 0 Å². The molecule has 2 heteroatoms. The van der Waals surface area contributed by atoms with Crippen LogP contribution in [0.2, 0.25) is 0 Å². The van der Waals surface area contributed by atoms with Crippen molar-refractivity contribution in [3.05, 3.63) is 224 Å². The lowest BCUT2D eigenvalue weighted by molar-refractivity contribution is 0.669. The van der Waals surface area contributed by atoms with Crippen LogP contribution in [0.3, 0.4) is 0 Å². The van der Waals surface area contributed by atoms with Gasteiger partial charge in [0.05, 0.1) is 5.69 Å². The average Bonchev–Trinajstić information content (AvgIpc) is 3.67. The zero-order chi connectivity index (χ0) is 37.3. The molecule has 0 saturated heterocycles. The van der Waals surface area contributed by atoms with E-state index in [1.165, 1.54) is 44.5 Å². The number of nitrogens with zero attached hydrogens (tertiary/aromatic N) is 1. The molecule has 0 atom stereocenters. The van der Waals surface area contributed by atoms with E-state index < -0.39 is 0 Å². The maximum absolute atomic E-state index is 6.67. The van der Waals surface area contributed by atoms with Gasteiger partial charge in [-0.1, -0.05) is 188 Å². The highest BCUT2D eigenvalue weighted by Gasteiger charge is 2.22. The third-order valence-corrected chi connectivity index (χ3v) is 10.7. The van der Waals surface area contributed by atoms with Crippen molar-refractivity contribution in [2.24, 2.45) is 0 Å². The van der Waals surface area contributed by atoms with Gasteiger partial charge in [-0.05, 0) is 92.0 Å². The first-order chi connectivity index (χ1) is 27.8. The third-order valence-electron chi connectivity index (χ3n) is 10.7. The van der Waals surface area contributed by atoms with Crippen LogP contribution in [0.25, 0.3) is 77.6 Å². The van der Waals surface area contributed by atoms with Crippen LogP contribution in [0, 0.1) is 0 Å². The van der Waals surface area contributed by atoms with E-state index in [4.69, 9.17) is 4.42 Å². The third kappa shape index (κ3) is 6.04. The molecule has 10 aromatic rings. The topological polar surface area (TPSA) is 16.4 Å². The zero-order valence-corrected chi connectivity index (χ0v) is 30.7. The summed E-state index contributed by atoms with van der Waals surface area (Å²) in [5.74, 6) is 0. The van der Waals surface area contributed by atoms with Crippen LogP contribution < -0.4 is 4.90 Å². The van der Waals surface area contributed by atoms with Gasteiger partial charge in [0.2, 0.25) is 0 Å². The summed E-state index contributed by atoms with van der Waals surface area (Å²) in [6.07, 6.45) is 0. The number of rotatable bonds is 8. The molecule has 0 bridgehead atoms. The second-order valence-corrected chi connectivity index (χ2v) is 14.1. The summed E-state index contributed by atoms with van der Waals surface area (Å²) in [4.78, 5) is 2.33. The molecule has 0 radical (unpaired) electrons. The Kier molecular flexibility index (Phi) is 8.55. The molecule has 1 aromatic heterocycles. The molecular formula is C54H37NO. The first-order valence-electron chi connectivity index (χ1n) is 19.1. The minimum Gasteiger partial charge on any atom is -0.454 e. The Labute approximate surface area is 327 Å². The van der Waals surface area contributed by atoms with Crippen molar-refractivity contribution in [3.8, 4) is 55.6 Å². The first kappa shape index (κ1) is 33.2. The van der Waals surface area contributed by atoms with Crippen LogP contribution in [0.5, 0.6) is 0 Å². The second kappa shape index (κ2) is 14.4. The Balaban J connectivity index is 1.19. The summed E-state index contributed by atoms with van der Waals surface area (Å²) in [5.41, 5.74) is 16.6. The van der Waals surface area contributed by atoms with E-state index in [9.17, 15) is 0 Å². The summed E-state index contributed by atoms with van der Waals surface area (Å²) in [5, 5.41) is 2.20. The molecule has 0 saturated carbocycles. The lowest BCUT2D eigenvalue weighted by Crippen LogP contribution is -2.10. The van der Waals surface area contributed by atoms with Crippen molar-refractivity contribution >= 4 is 39.0 Å². The monoisotopic (exact) mass is 715 g/mol. The van der Waals surface area contributed by atoms with Crippen molar-refractivity contribution in [1.82, 2.24) is 0 Å². The molecular weight excluding hydrogens is 679 g/mol. The fourth-order valence-electron chi connectivity index (χ4n) is 8.09. The fraction of sp³-hybridized carbons (Fsp3) is 0. The number of benzene rings is 9. The minimum atomic E-state index is 0.856. The van der Waals surface area contributed by atoms with Crippen LogP contribution in [0.1, 0.15) is 0 Å². The SMILES string of the molecule is c1ccc(-c2ccc(N(c3cccc(-c4cccc(-c5ccccc5)c4-c4ccccc4-c4ccccc4)c3)c3cccc4c3oc3ccccc34)cc2)cc1. The Bertz CT molecular complexity index is 2950. The van der Waals surface area contributed by atoms with E-state index in [0.717, 1.165) is 50.1 Å². The largest absolute Gasteiger partial charge is 0.454 e. The second-order valence-electron chi connectivity index (χ2n) is 14.1. The number of anilines is 3. The number of hydrogen-bond acceptors (Lipinski definition) is 2. The van der Waals surface area contributed by atoms with E-state index in [1.54, 1.807) is 0 Å². The molecule has 0 aliphatic heterocycles. The fourth-order valence-corrected chi connectivity index (χ4v) is 8.09. The highest BCUT2D eigenvalue weighted by molar-refractivity contribution is 6.10. The van der Waals surface area contributed by atoms with E-state index in [-0.39, 0.29) is 0 Å². The van der Waals surface area contributed by atoms with Crippen LogP contribution in [0.15, 0.2) is 229 Å². The van der Waals surface area contributed by atoms with Gasteiger partial charge in [-0.2, -0.15) is 0 Å². The smallest absolute Gasteiger partial charge is 0.159 e. The first-order valence-corrected chi connectivity index (χ1v) is 19.1. The number of fused-ring (bicyclic) bond motifs is 3. The van der Waals surface area contributed by atoms with Gasteiger partial charge in [-0.3, -0.25) is 0 Å². The molecule has 9 aromatic carbocycles. The molecule has 10 rings (SSSR count). The molecule has 0 N–H and O–H groups in total. The van der Waals surface area contributed by atoms with Gasteiger partial charge in [-0.25, -0.2) is 0 Å². The van der Waals surface area contributed by atoms with Gasteiger partial charge in [0.25, 0.3) is 0 Å². The van der Waals surface area contributed by atoms with Crippen LogP contribution in [0.4, 0.5) is 17.1 Å². The lowest BCUT2D eigenvalue weighted by Gasteiger charge is -2.27. The summed E-state index contributed by atoms with van der Waals surface area (Å²) in [6, 6.07) is 80.0. The number of furan rings is 1. The Morgan fingerprint density at radius 2 is 0.804 bits per heavy atom. The van der Waals surface area contributed by atoms with Gasteiger partial charge >= 0.3 is 0 Å². The molecule has 0 aliphatic carbocycles. The van der Waals surface area contributed by atoms with E-state index in [2.05, 4.69) is 217 Å². The Morgan fingerprint density at radius 1 is 0.304 bits per heavy atom. The zero-order valence-electron chi connectivity index (χ0n) is 30.7.